The van der Waals surface area contributed by atoms with E-state index >= 15 is 0 Å². The topological polar surface area (TPSA) is 15.3 Å². The van der Waals surface area contributed by atoms with Crippen molar-refractivity contribution in [3.63, 3.8) is 0 Å². The van der Waals surface area contributed by atoms with Crippen molar-refractivity contribution in [1.29, 1.82) is 0 Å². The summed E-state index contributed by atoms with van der Waals surface area (Å²) < 4.78 is 51.7. The van der Waals surface area contributed by atoms with Crippen LogP contribution in [0.15, 0.2) is 18.2 Å². The summed E-state index contributed by atoms with van der Waals surface area (Å²) >= 11 is 0. The first-order valence-corrected chi connectivity index (χ1v) is 7.11. The van der Waals surface area contributed by atoms with Crippen molar-refractivity contribution in [3.8, 4) is 0 Å². The first-order valence-electron chi connectivity index (χ1n) is 7.11. The van der Waals surface area contributed by atoms with Gasteiger partial charge in [0.2, 0.25) is 0 Å². The number of nitrogens with zero attached hydrogens (tertiary/aromatic N) is 1. The highest BCUT2D eigenvalue weighted by Gasteiger charge is 2.33. The van der Waals surface area contributed by atoms with Crippen molar-refractivity contribution >= 4 is 5.69 Å². The van der Waals surface area contributed by atoms with Crippen molar-refractivity contribution in [2.24, 2.45) is 0 Å². The molecule has 1 aliphatic rings. The zero-order valence-corrected chi connectivity index (χ0v) is 12.2. The van der Waals surface area contributed by atoms with E-state index in [2.05, 4.69) is 5.32 Å². The smallest absolute Gasteiger partial charge is 0.360 e. The lowest BCUT2D eigenvalue weighted by molar-refractivity contribution is -0.120. The molecule has 6 heteroatoms. The van der Waals surface area contributed by atoms with Crippen molar-refractivity contribution in [1.82, 2.24) is 5.32 Å². The lowest BCUT2D eigenvalue weighted by atomic mass is 10.1. The molecule has 1 N–H and O–H groups in total. The lowest BCUT2D eigenvalue weighted by Crippen LogP contribution is -2.40. The number of nitrogens with one attached hydrogen (secondary N) is 1. The van der Waals surface area contributed by atoms with Crippen LogP contribution >= 0.6 is 0 Å². The number of benzene rings is 1. The molecule has 0 heterocycles. The Balaban J connectivity index is 2.24. The maximum absolute atomic E-state index is 13.4. The molecular weight excluding hydrogens is 284 g/mol. The fraction of sp³-hybridized carbons (Fsp3) is 0.600. The normalized spacial score (nSPS) is 15.6. The molecule has 0 aromatic heterocycles. The molecule has 118 valence electrons. The maximum atomic E-state index is 13.4. The maximum Gasteiger partial charge on any atom is 0.405 e. The van der Waals surface area contributed by atoms with Gasteiger partial charge in [-0.1, -0.05) is 0 Å². The first kappa shape index (κ1) is 16.1. The predicted octanol–water partition coefficient (Wildman–Crippen LogP) is 3.85. The van der Waals surface area contributed by atoms with Gasteiger partial charge in [-0.15, -0.1) is 0 Å². The van der Waals surface area contributed by atoms with Crippen LogP contribution in [0.5, 0.6) is 0 Å². The minimum absolute atomic E-state index is 0.322. The average molecular weight is 304 g/mol. The number of hydrogen-bond acceptors (Lipinski definition) is 2. The van der Waals surface area contributed by atoms with Crippen LogP contribution in [0, 0.1) is 5.82 Å². The number of anilines is 1. The van der Waals surface area contributed by atoms with Crippen LogP contribution in [0.3, 0.4) is 0 Å². The fourth-order valence-electron chi connectivity index (χ4n) is 2.26. The molecule has 2 nitrogen and oxygen atoms in total. The van der Waals surface area contributed by atoms with Gasteiger partial charge in [0.15, 0.2) is 0 Å². The molecule has 0 amide bonds. The number of rotatable bonds is 6. The summed E-state index contributed by atoms with van der Waals surface area (Å²) in [6.07, 6.45) is -2.15. The standard InChI is InChI=1S/C15H20F4N2/c1-10(2)21(9-15(17,18)19)14-6-3-12(16)7-11(14)8-20-13-4-5-13/h3,6-7,10,13,20H,4-5,8-9H2,1-2H3. The number of hydrogen-bond donors (Lipinski definition) is 1. The first-order chi connectivity index (χ1) is 9.76. The highest BCUT2D eigenvalue weighted by Crippen LogP contribution is 2.29. The van der Waals surface area contributed by atoms with Crippen LogP contribution in [0.25, 0.3) is 0 Å². The van der Waals surface area contributed by atoms with Crippen LogP contribution in [-0.4, -0.2) is 24.8 Å². The summed E-state index contributed by atoms with van der Waals surface area (Å²) in [7, 11) is 0. The Morgan fingerprint density at radius 2 is 1.95 bits per heavy atom. The molecule has 1 fully saturated rings. The lowest BCUT2D eigenvalue weighted by Gasteiger charge is -2.31. The van der Waals surface area contributed by atoms with Crippen LogP contribution in [0.4, 0.5) is 23.2 Å². The van der Waals surface area contributed by atoms with E-state index in [9.17, 15) is 17.6 Å². The van der Waals surface area contributed by atoms with Gasteiger partial charge in [0, 0.05) is 24.3 Å². The zero-order valence-electron chi connectivity index (χ0n) is 12.2. The van der Waals surface area contributed by atoms with Crippen molar-refractivity contribution in [2.45, 2.75) is 51.5 Å². The Hall–Kier alpha value is -1.30. The monoisotopic (exact) mass is 304 g/mol. The number of alkyl halides is 3. The summed E-state index contributed by atoms with van der Waals surface area (Å²) in [6, 6.07) is 4.05. The molecule has 1 saturated carbocycles. The molecule has 0 spiro atoms. The summed E-state index contributed by atoms with van der Waals surface area (Å²) in [6.45, 7) is 2.76. The van der Waals surface area contributed by atoms with Gasteiger partial charge in [0.05, 0.1) is 0 Å². The molecule has 0 saturated heterocycles. The average Bonchev–Trinajstić information content (AvgIpc) is 3.16. The minimum Gasteiger partial charge on any atom is -0.360 e. The van der Waals surface area contributed by atoms with E-state index in [0.717, 1.165) is 12.8 Å². The van der Waals surface area contributed by atoms with E-state index in [0.29, 0.717) is 23.8 Å². The molecule has 1 aliphatic carbocycles. The SMILES string of the molecule is CC(C)N(CC(F)(F)F)c1ccc(F)cc1CNC1CC1. The van der Waals surface area contributed by atoms with Crippen molar-refractivity contribution in [3.05, 3.63) is 29.6 Å². The summed E-state index contributed by atoms with van der Waals surface area (Å²) in [4.78, 5) is 1.27. The third-order valence-electron chi connectivity index (χ3n) is 3.48. The highest BCUT2D eigenvalue weighted by atomic mass is 19.4. The summed E-state index contributed by atoms with van der Waals surface area (Å²) in [5.41, 5.74) is 1.01. The molecule has 0 aliphatic heterocycles. The predicted molar refractivity (Wildman–Crippen MR) is 74.8 cm³/mol. The Labute approximate surface area is 122 Å². The van der Waals surface area contributed by atoms with Gasteiger partial charge in [-0.25, -0.2) is 4.39 Å². The van der Waals surface area contributed by atoms with E-state index in [1.807, 2.05) is 0 Å². The molecule has 1 aromatic rings. The molecule has 0 atom stereocenters. The minimum atomic E-state index is -4.29. The van der Waals surface area contributed by atoms with Gasteiger partial charge < -0.3 is 10.2 Å². The Morgan fingerprint density at radius 1 is 1.29 bits per heavy atom. The molecule has 0 unspecified atom stereocenters. The van der Waals surface area contributed by atoms with Crippen LogP contribution in [0.2, 0.25) is 0 Å². The Kier molecular flexibility index (Phi) is 4.76. The fourth-order valence-corrected chi connectivity index (χ4v) is 2.26. The van der Waals surface area contributed by atoms with E-state index in [4.69, 9.17) is 0 Å². The van der Waals surface area contributed by atoms with E-state index in [1.54, 1.807) is 13.8 Å². The summed E-state index contributed by atoms with van der Waals surface area (Å²) in [5, 5.41) is 3.22. The number of halogens is 4. The Bertz CT molecular complexity index is 481. The van der Waals surface area contributed by atoms with Crippen LogP contribution in [-0.2, 0) is 6.54 Å². The van der Waals surface area contributed by atoms with Gasteiger partial charge in [-0.05, 0) is 50.5 Å². The molecule has 1 aromatic carbocycles. The Morgan fingerprint density at radius 3 is 2.48 bits per heavy atom. The van der Waals surface area contributed by atoms with Gasteiger partial charge in [0.1, 0.15) is 12.4 Å². The van der Waals surface area contributed by atoms with Crippen molar-refractivity contribution in [2.75, 3.05) is 11.4 Å². The van der Waals surface area contributed by atoms with E-state index in [1.165, 1.54) is 23.1 Å². The quantitative estimate of drug-likeness (QED) is 0.803. The second-order valence-electron chi connectivity index (χ2n) is 5.77. The zero-order chi connectivity index (χ0) is 15.6. The molecule has 0 bridgehead atoms. The molecule has 21 heavy (non-hydrogen) atoms. The summed E-state index contributed by atoms with van der Waals surface area (Å²) in [5.74, 6) is -0.429. The largest absolute Gasteiger partial charge is 0.405 e. The third-order valence-corrected chi connectivity index (χ3v) is 3.48. The second-order valence-corrected chi connectivity index (χ2v) is 5.77. The highest BCUT2D eigenvalue weighted by molar-refractivity contribution is 5.54. The van der Waals surface area contributed by atoms with Gasteiger partial charge in [0.25, 0.3) is 0 Å². The van der Waals surface area contributed by atoms with E-state index < -0.39 is 18.5 Å². The molecule has 2 rings (SSSR count). The van der Waals surface area contributed by atoms with E-state index in [-0.39, 0.29) is 6.04 Å². The van der Waals surface area contributed by atoms with Gasteiger partial charge >= 0.3 is 6.18 Å². The van der Waals surface area contributed by atoms with Gasteiger partial charge in [-0.2, -0.15) is 13.2 Å². The van der Waals surface area contributed by atoms with Crippen molar-refractivity contribution < 1.29 is 17.6 Å². The second kappa shape index (κ2) is 6.22. The third kappa shape index (κ3) is 4.88. The molecular formula is C15H20F4N2. The van der Waals surface area contributed by atoms with Gasteiger partial charge in [-0.3, -0.25) is 0 Å². The van der Waals surface area contributed by atoms with Crippen LogP contribution in [0.1, 0.15) is 32.3 Å². The van der Waals surface area contributed by atoms with Crippen LogP contribution < -0.4 is 10.2 Å². The molecule has 0 radical (unpaired) electrons.